The van der Waals surface area contributed by atoms with E-state index in [-0.39, 0.29) is 0 Å². The van der Waals surface area contributed by atoms with Crippen molar-refractivity contribution in [2.75, 3.05) is 0 Å². The van der Waals surface area contributed by atoms with Crippen molar-refractivity contribution in [1.29, 1.82) is 0 Å². The monoisotopic (exact) mass is 208 g/mol. The fraction of sp³-hybridized carbons (Fsp3) is 0.692. The van der Waals surface area contributed by atoms with E-state index in [1.165, 1.54) is 31.7 Å². The minimum Gasteiger partial charge on any atom is -0.120 e. The van der Waals surface area contributed by atoms with Crippen LogP contribution >= 0.6 is 0 Å². The maximum Gasteiger partial charge on any atom is 0.0480 e. The fourth-order valence-corrected chi connectivity index (χ4v) is 2.09. The van der Waals surface area contributed by atoms with E-state index in [9.17, 15) is 0 Å². The van der Waals surface area contributed by atoms with Crippen molar-refractivity contribution in [3.05, 3.63) is 12.2 Å². The number of rotatable bonds is 7. The molecule has 0 atom stereocenters. The van der Waals surface area contributed by atoms with E-state index in [1.54, 1.807) is 0 Å². The third-order valence-electron chi connectivity index (χ3n) is 2.09. The van der Waals surface area contributed by atoms with Crippen molar-refractivity contribution in [1.82, 2.24) is 0 Å². The molecule has 0 saturated heterocycles. The van der Waals surface area contributed by atoms with Gasteiger partial charge in [0.2, 0.25) is 0 Å². The first-order chi connectivity index (χ1) is 6.56. The minimum absolute atomic E-state index is 0.852. The van der Waals surface area contributed by atoms with Crippen LogP contribution in [0, 0.1) is 12.3 Å². The van der Waals surface area contributed by atoms with Gasteiger partial charge in [-0.15, -0.1) is 12.3 Å². The zero-order valence-corrected chi connectivity index (χ0v) is 11.0. The Morgan fingerprint density at radius 3 is 2.36 bits per heavy atom. The molecule has 0 aromatic heterocycles. The van der Waals surface area contributed by atoms with Crippen molar-refractivity contribution in [3.63, 3.8) is 0 Å². The Kier molecular flexibility index (Phi) is 7.61. The quantitative estimate of drug-likeness (QED) is 0.251. The predicted molar refractivity (Wildman–Crippen MR) is 69.2 cm³/mol. The number of hydrogen-bond donors (Lipinski definition) is 0. The zero-order valence-electron chi connectivity index (χ0n) is 9.97. The molecule has 0 heterocycles. The van der Waals surface area contributed by atoms with E-state index in [4.69, 9.17) is 6.42 Å². The van der Waals surface area contributed by atoms with Gasteiger partial charge in [0.25, 0.3) is 0 Å². The summed E-state index contributed by atoms with van der Waals surface area (Å²) in [5.41, 5.74) is 0. The molecule has 0 amide bonds. The Morgan fingerprint density at radius 2 is 1.79 bits per heavy atom. The van der Waals surface area contributed by atoms with Gasteiger partial charge in [-0.25, -0.2) is 0 Å². The van der Waals surface area contributed by atoms with Gasteiger partial charge in [0.05, 0.1) is 0 Å². The lowest BCUT2D eigenvalue weighted by atomic mass is 10.1. The lowest BCUT2D eigenvalue weighted by Gasteiger charge is -2.11. The second-order valence-corrected chi connectivity index (χ2v) is 10.6. The predicted octanol–water partition coefficient (Wildman–Crippen LogP) is 4.46. The van der Waals surface area contributed by atoms with Gasteiger partial charge in [0.1, 0.15) is 0 Å². The largest absolute Gasteiger partial charge is 0.120 e. The van der Waals surface area contributed by atoms with Gasteiger partial charge in [-0.2, -0.15) is 0 Å². The van der Waals surface area contributed by atoms with Crippen molar-refractivity contribution in [2.45, 2.75) is 57.8 Å². The Labute approximate surface area is 90.8 Å². The van der Waals surface area contributed by atoms with Crippen molar-refractivity contribution in [2.24, 2.45) is 0 Å². The van der Waals surface area contributed by atoms with Crippen LogP contribution in [0.4, 0.5) is 0 Å². The molecule has 0 N–H and O–H groups in total. The molecule has 0 radical (unpaired) electrons. The Balaban J connectivity index is 3.24. The summed E-state index contributed by atoms with van der Waals surface area (Å²) in [6.07, 6.45) is 15.8. The summed E-state index contributed by atoms with van der Waals surface area (Å²) < 4.78 is 0. The van der Waals surface area contributed by atoms with Crippen LogP contribution in [0.1, 0.15) is 32.1 Å². The topological polar surface area (TPSA) is 0 Å². The molecule has 0 aliphatic rings. The van der Waals surface area contributed by atoms with E-state index in [1.807, 2.05) is 0 Å². The molecular formula is C13H24Si. The molecule has 0 aromatic rings. The number of terminal acetylenes is 1. The van der Waals surface area contributed by atoms with E-state index in [0.717, 1.165) is 6.42 Å². The Hall–Kier alpha value is -0.483. The summed E-state index contributed by atoms with van der Waals surface area (Å²) in [6, 6.07) is 1.32. The average Bonchev–Trinajstić information content (AvgIpc) is 2.08. The number of allylic oxidation sites excluding steroid dienone is 2. The highest BCUT2D eigenvalue weighted by Gasteiger charge is 2.08. The van der Waals surface area contributed by atoms with E-state index in [2.05, 4.69) is 37.7 Å². The van der Waals surface area contributed by atoms with Gasteiger partial charge in [0, 0.05) is 14.5 Å². The van der Waals surface area contributed by atoms with Crippen LogP contribution in [0.25, 0.3) is 0 Å². The standard InChI is InChI=1S/C13H24Si/c1-5-6-7-8-9-10-11-12-13-14(2,3)4/h1,11-12H,6-10,13H2,2-4H3/b12-11+. The third kappa shape index (κ3) is 11.5. The van der Waals surface area contributed by atoms with Gasteiger partial charge in [-0.05, 0) is 25.3 Å². The Bertz CT molecular complexity index is 190. The summed E-state index contributed by atoms with van der Waals surface area (Å²) in [5, 5.41) is 0. The molecular weight excluding hydrogens is 184 g/mol. The maximum atomic E-state index is 5.18. The first-order valence-corrected chi connectivity index (χ1v) is 9.35. The molecule has 0 aromatic carbocycles. The molecule has 1 heteroatoms. The summed E-state index contributed by atoms with van der Waals surface area (Å²) >= 11 is 0. The molecule has 0 nitrogen and oxygen atoms in total. The molecule has 80 valence electrons. The van der Waals surface area contributed by atoms with Crippen LogP contribution in [0.3, 0.4) is 0 Å². The molecule has 0 aliphatic carbocycles. The van der Waals surface area contributed by atoms with Crippen LogP contribution in [0.5, 0.6) is 0 Å². The van der Waals surface area contributed by atoms with Gasteiger partial charge in [-0.1, -0.05) is 38.2 Å². The highest BCUT2D eigenvalue weighted by atomic mass is 28.3. The second-order valence-electron chi connectivity index (χ2n) is 5.04. The highest BCUT2D eigenvalue weighted by molar-refractivity contribution is 6.76. The normalized spacial score (nSPS) is 11.9. The first kappa shape index (κ1) is 13.5. The molecule has 0 fully saturated rings. The number of hydrogen-bond acceptors (Lipinski definition) is 0. The summed E-state index contributed by atoms with van der Waals surface area (Å²) in [5.74, 6) is 2.68. The van der Waals surface area contributed by atoms with Crippen molar-refractivity contribution in [3.8, 4) is 12.3 Å². The summed E-state index contributed by atoms with van der Waals surface area (Å²) in [4.78, 5) is 0. The molecule has 0 unspecified atom stereocenters. The third-order valence-corrected chi connectivity index (χ3v) is 3.55. The van der Waals surface area contributed by atoms with Gasteiger partial charge in [-0.3, -0.25) is 0 Å². The van der Waals surface area contributed by atoms with Gasteiger partial charge in [0.15, 0.2) is 0 Å². The smallest absolute Gasteiger partial charge is 0.0480 e. The summed E-state index contributed by atoms with van der Waals surface area (Å²) in [6.45, 7) is 7.22. The van der Waals surface area contributed by atoms with Crippen molar-refractivity contribution >= 4 is 8.07 Å². The van der Waals surface area contributed by atoms with Gasteiger partial charge >= 0.3 is 0 Å². The van der Waals surface area contributed by atoms with Crippen LogP contribution < -0.4 is 0 Å². The first-order valence-electron chi connectivity index (χ1n) is 5.65. The molecule has 0 saturated carbocycles. The molecule has 0 spiro atoms. The number of unbranched alkanes of at least 4 members (excludes halogenated alkanes) is 4. The zero-order chi connectivity index (χ0) is 10.9. The minimum atomic E-state index is -0.852. The SMILES string of the molecule is C#CCCCCC/C=C/C[Si](C)(C)C. The highest BCUT2D eigenvalue weighted by Crippen LogP contribution is 2.09. The maximum absolute atomic E-state index is 5.18. The Morgan fingerprint density at radius 1 is 1.07 bits per heavy atom. The fourth-order valence-electron chi connectivity index (χ4n) is 1.22. The van der Waals surface area contributed by atoms with E-state index in [0.29, 0.717) is 0 Å². The lowest BCUT2D eigenvalue weighted by Crippen LogP contribution is -2.17. The average molecular weight is 208 g/mol. The van der Waals surface area contributed by atoms with E-state index >= 15 is 0 Å². The molecule has 0 bridgehead atoms. The second kappa shape index (κ2) is 7.88. The lowest BCUT2D eigenvalue weighted by molar-refractivity contribution is 0.702. The van der Waals surface area contributed by atoms with Gasteiger partial charge < -0.3 is 0 Å². The van der Waals surface area contributed by atoms with Crippen molar-refractivity contribution < 1.29 is 0 Å². The van der Waals surface area contributed by atoms with Crippen LogP contribution in [0.15, 0.2) is 12.2 Å². The van der Waals surface area contributed by atoms with E-state index < -0.39 is 8.07 Å². The molecule has 14 heavy (non-hydrogen) atoms. The van der Waals surface area contributed by atoms with Crippen LogP contribution in [-0.4, -0.2) is 8.07 Å². The molecule has 0 rings (SSSR count). The van der Waals surface area contributed by atoms with Crippen LogP contribution in [0.2, 0.25) is 25.7 Å². The van der Waals surface area contributed by atoms with Crippen LogP contribution in [-0.2, 0) is 0 Å². The summed E-state index contributed by atoms with van der Waals surface area (Å²) in [7, 11) is -0.852. The molecule has 0 aliphatic heterocycles.